The van der Waals surface area contributed by atoms with Gasteiger partial charge in [-0.25, -0.2) is 4.79 Å². The standard InChI is InChI=1S/C19H14BrClN4O5S/c1-2-24-17(10-3-5-12(21)6-4-10)22-23-19(24)31-15(18(27)28)8-11-7-13(25(29)30)9-14(20)16(11)26/h3-9,26H,2H2,1H3,(H,27,28)/b15-8-. The van der Waals surface area contributed by atoms with Gasteiger partial charge in [0.15, 0.2) is 11.0 Å². The lowest BCUT2D eigenvalue weighted by Gasteiger charge is -2.08. The summed E-state index contributed by atoms with van der Waals surface area (Å²) in [4.78, 5) is 22.1. The number of carboxylic acids is 1. The van der Waals surface area contributed by atoms with Crippen LogP contribution in [0.5, 0.6) is 5.75 Å². The van der Waals surface area contributed by atoms with Gasteiger partial charge < -0.3 is 14.8 Å². The molecule has 0 saturated heterocycles. The van der Waals surface area contributed by atoms with E-state index in [1.807, 2.05) is 6.92 Å². The normalized spacial score (nSPS) is 11.5. The van der Waals surface area contributed by atoms with Gasteiger partial charge in [0.2, 0.25) is 0 Å². The molecule has 9 nitrogen and oxygen atoms in total. The number of hydrogen-bond acceptors (Lipinski definition) is 7. The Hall–Kier alpha value is -2.89. The quantitative estimate of drug-likeness (QED) is 0.186. The van der Waals surface area contributed by atoms with Crippen molar-refractivity contribution in [2.24, 2.45) is 0 Å². The first kappa shape index (κ1) is 22.8. The lowest BCUT2D eigenvalue weighted by molar-refractivity contribution is -0.385. The molecule has 0 saturated carbocycles. The number of halogens is 2. The Morgan fingerprint density at radius 2 is 2.00 bits per heavy atom. The molecule has 0 atom stereocenters. The zero-order valence-electron chi connectivity index (χ0n) is 15.8. The van der Waals surface area contributed by atoms with Crippen molar-refractivity contribution in [2.75, 3.05) is 0 Å². The summed E-state index contributed by atoms with van der Waals surface area (Å²) in [5.74, 6) is -1.07. The molecule has 0 aliphatic heterocycles. The van der Waals surface area contributed by atoms with Gasteiger partial charge >= 0.3 is 5.97 Å². The fourth-order valence-corrected chi connectivity index (χ4v) is 4.12. The summed E-state index contributed by atoms with van der Waals surface area (Å²) < 4.78 is 1.80. The molecule has 0 unspecified atom stereocenters. The van der Waals surface area contributed by atoms with Crippen molar-refractivity contribution in [1.29, 1.82) is 0 Å². The first-order valence-corrected chi connectivity index (χ1v) is 10.7. The van der Waals surface area contributed by atoms with Crippen LogP contribution in [-0.2, 0) is 11.3 Å². The number of carboxylic acid groups (broad SMARTS) is 1. The number of thioether (sulfide) groups is 1. The molecule has 0 aliphatic carbocycles. The molecule has 0 bridgehead atoms. The molecule has 31 heavy (non-hydrogen) atoms. The number of nitro benzene ring substituents is 1. The number of non-ortho nitro benzene ring substituents is 1. The number of benzene rings is 2. The number of aliphatic carboxylic acids is 1. The van der Waals surface area contributed by atoms with Gasteiger partial charge in [-0.2, -0.15) is 0 Å². The second-order valence-corrected chi connectivity index (χ2v) is 8.40. The van der Waals surface area contributed by atoms with E-state index in [1.54, 1.807) is 28.8 Å². The Labute approximate surface area is 193 Å². The molecule has 12 heteroatoms. The van der Waals surface area contributed by atoms with Crippen LogP contribution in [0.4, 0.5) is 5.69 Å². The Morgan fingerprint density at radius 1 is 1.32 bits per heavy atom. The van der Waals surface area contributed by atoms with Crippen LogP contribution < -0.4 is 0 Å². The average molecular weight is 526 g/mol. The maximum Gasteiger partial charge on any atom is 0.342 e. The molecule has 0 radical (unpaired) electrons. The molecule has 0 fully saturated rings. The van der Waals surface area contributed by atoms with Gasteiger partial charge in [-0.15, -0.1) is 10.2 Å². The van der Waals surface area contributed by atoms with E-state index in [4.69, 9.17) is 11.6 Å². The fraction of sp³-hybridized carbons (Fsp3) is 0.105. The number of hydrogen-bond donors (Lipinski definition) is 2. The Kier molecular flexibility index (Phi) is 6.98. The van der Waals surface area contributed by atoms with Gasteiger partial charge in [0.25, 0.3) is 5.69 Å². The van der Waals surface area contributed by atoms with Crippen molar-refractivity contribution in [2.45, 2.75) is 18.6 Å². The second-order valence-electron chi connectivity index (χ2n) is 6.10. The van der Waals surface area contributed by atoms with Gasteiger partial charge in [0.1, 0.15) is 10.7 Å². The summed E-state index contributed by atoms with van der Waals surface area (Å²) in [5, 5.41) is 40.1. The van der Waals surface area contributed by atoms with Crippen LogP contribution in [0.25, 0.3) is 17.5 Å². The van der Waals surface area contributed by atoms with Gasteiger partial charge in [0, 0.05) is 34.8 Å². The first-order valence-electron chi connectivity index (χ1n) is 8.70. The van der Waals surface area contributed by atoms with E-state index < -0.39 is 10.9 Å². The summed E-state index contributed by atoms with van der Waals surface area (Å²) in [6.45, 7) is 2.33. The van der Waals surface area contributed by atoms with E-state index in [0.29, 0.717) is 22.5 Å². The highest BCUT2D eigenvalue weighted by atomic mass is 79.9. The monoisotopic (exact) mass is 524 g/mol. The van der Waals surface area contributed by atoms with E-state index in [2.05, 4.69) is 26.1 Å². The van der Waals surface area contributed by atoms with Gasteiger partial charge in [-0.05, 0) is 65.0 Å². The van der Waals surface area contributed by atoms with Gasteiger partial charge in [-0.3, -0.25) is 10.1 Å². The summed E-state index contributed by atoms with van der Waals surface area (Å²) in [6.07, 6.45) is 1.15. The number of rotatable bonds is 7. The highest BCUT2D eigenvalue weighted by Crippen LogP contribution is 2.37. The van der Waals surface area contributed by atoms with E-state index in [0.717, 1.165) is 35.5 Å². The van der Waals surface area contributed by atoms with Crippen molar-refractivity contribution in [3.63, 3.8) is 0 Å². The van der Waals surface area contributed by atoms with Crippen molar-refractivity contribution >= 4 is 57.0 Å². The maximum absolute atomic E-state index is 11.8. The predicted octanol–water partition coefficient (Wildman–Crippen LogP) is 5.21. The predicted molar refractivity (Wildman–Crippen MR) is 120 cm³/mol. The fourth-order valence-electron chi connectivity index (χ4n) is 2.66. The van der Waals surface area contributed by atoms with Crippen molar-refractivity contribution < 1.29 is 19.9 Å². The first-order chi connectivity index (χ1) is 14.7. The van der Waals surface area contributed by atoms with Gasteiger partial charge in [0.05, 0.1) is 9.40 Å². The van der Waals surface area contributed by atoms with Gasteiger partial charge in [-0.1, -0.05) is 11.6 Å². The van der Waals surface area contributed by atoms with Crippen molar-refractivity contribution in [3.05, 3.63) is 66.5 Å². The topological polar surface area (TPSA) is 131 Å². The summed E-state index contributed by atoms with van der Waals surface area (Å²) in [6, 6.07) is 9.20. The zero-order chi connectivity index (χ0) is 22.7. The molecule has 0 amide bonds. The van der Waals surface area contributed by atoms with E-state index in [1.165, 1.54) is 0 Å². The lowest BCUT2D eigenvalue weighted by atomic mass is 10.1. The summed E-state index contributed by atoms with van der Waals surface area (Å²) in [7, 11) is 0. The Morgan fingerprint density at radius 3 is 2.58 bits per heavy atom. The third-order valence-corrected chi connectivity index (χ3v) is 5.98. The van der Waals surface area contributed by atoms with Crippen LogP contribution in [0, 0.1) is 10.1 Å². The SMILES string of the molecule is CCn1c(S/C(=C\c2cc([N+](=O)[O-])cc(Br)c2O)C(=O)O)nnc1-c1ccc(Cl)cc1. The number of nitrogens with zero attached hydrogens (tertiary/aromatic N) is 4. The highest BCUT2D eigenvalue weighted by Gasteiger charge is 2.20. The molecular formula is C19H14BrClN4O5S. The summed E-state index contributed by atoms with van der Waals surface area (Å²) in [5.41, 5.74) is 0.436. The number of carbonyl (C=O) groups is 1. The molecule has 0 spiro atoms. The van der Waals surface area contributed by atoms with E-state index in [-0.39, 0.29) is 26.4 Å². The van der Waals surface area contributed by atoms with E-state index in [9.17, 15) is 25.1 Å². The molecule has 1 aromatic heterocycles. The van der Waals surface area contributed by atoms with Crippen molar-refractivity contribution in [1.82, 2.24) is 14.8 Å². The Bertz CT molecular complexity index is 1200. The Balaban J connectivity index is 2.03. The highest BCUT2D eigenvalue weighted by molar-refractivity contribution is 9.10. The largest absolute Gasteiger partial charge is 0.506 e. The number of aromatic nitrogens is 3. The van der Waals surface area contributed by atoms with E-state index >= 15 is 0 Å². The molecular weight excluding hydrogens is 512 g/mol. The maximum atomic E-state index is 11.8. The third kappa shape index (κ3) is 5.06. The van der Waals surface area contributed by atoms with Crippen LogP contribution in [0.3, 0.4) is 0 Å². The lowest BCUT2D eigenvalue weighted by Crippen LogP contribution is -2.03. The number of phenols is 1. The van der Waals surface area contributed by atoms with Crippen LogP contribution in [-0.4, -0.2) is 35.9 Å². The van der Waals surface area contributed by atoms with Crippen LogP contribution in [0.2, 0.25) is 5.02 Å². The third-order valence-electron chi connectivity index (χ3n) is 4.12. The average Bonchev–Trinajstić information content (AvgIpc) is 3.13. The van der Waals surface area contributed by atoms with Crippen LogP contribution in [0.1, 0.15) is 12.5 Å². The zero-order valence-corrected chi connectivity index (χ0v) is 19.0. The van der Waals surface area contributed by atoms with Crippen LogP contribution in [0.15, 0.2) is 50.9 Å². The number of phenolic OH excluding ortho intramolecular Hbond substituents is 1. The van der Waals surface area contributed by atoms with Crippen LogP contribution >= 0.6 is 39.3 Å². The molecule has 2 aromatic carbocycles. The minimum Gasteiger partial charge on any atom is -0.506 e. The smallest absolute Gasteiger partial charge is 0.342 e. The molecule has 1 heterocycles. The molecule has 0 aliphatic rings. The second kappa shape index (κ2) is 9.50. The summed E-state index contributed by atoms with van der Waals surface area (Å²) >= 11 is 9.79. The number of nitro groups is 1. The molecule has 3 rings (SSSR count). The minimum absolute atomic E-state index is 0.0218. The molecule has 3 aromatic rings. The van der Waals surface area contributed by atoms with Crippen molar-refractivity contribution in [3.8, 4) is 17.1 Å². The molecule has 160 valence electrons. The number of aromatic hydroxyl groups is 1. The molecule has 2 N–H and O–H groups in total. The minimum atomic E-state index is -1.29.